The second-order valence-corrected chi connectivity index (χ2v) is 16.4. The predicted octanol–water partition coefficient (Wildman–Crippen LogP) is 16.0. The summed E-state index contributed by atoms with van der Waals surface area (Å²) in [6.07, 6.45) is 0. The quantitative estimate of drug-likeness (QED) is 0.160. The Kier molecular flexibility index (Phi) is 6.48. The summed E-state index contributed by atoms with van der Waals surface area (Å²) in [4.78, 5) is 0. The molecule has 0 nitrogen and oxygen atoms in total. The van der Waals surface area contributed by atoms with E-state index in [2.05, 4.69) is 182 Å². The van der Waals surface area contributed by atoms with Gasteiger partial charge in [-0.25, -0.2) is 0 Å². The van der Waals surface area contributed by atoms with Gasteiger partial charge in [0, 0.05) is 30.9 Å². The highest BCUT2D eigenvalue weighted by Gasteiger charge is 2.19. The zero-order chi connectivity index (χ0) is 35.3. The van der Waals surface area contributed by atoms with E-state index in [-0.39, 0.29) is 0 Å². The maximum absolute atomic E-state index is 2.44. The molecule has 0 N–H and O–H groups in total. The van der Waals surface area contributed by atoms with Gasteiger partial charge in [-0.05, 0) is 94.7 Å². The minimum absolute atomic E-state index is 1.23. The molecule has 0 bridgehead atoms. The molecule has 10 aromatic carbocycles. The van der Waals surface area contributed by atoms with Crippen LogP contribution in [0.2, 0.25) is 0 Å². The molecule has 0 fully saturated rings. The highest BCUT2D eigenvalue weighted by molar-refractivity contribution is 7.33. The Balaban J connectivity index is 1.05. The summed E-state index contributed by atoms with van der Waals surface area (Å²) in [5.41, 5.74) is 7.58. The molecule has 0 saturated heterocycles. The molecule has 0 radical (unpaired) electrons. The van der Waals surface area contributed by atoms with E-state index >= 15 is 0 Å². The molecule has 2 heterocycles. The third kappa shape index (κ3) is 4.36. The first-order valence-electron chi connectivity index (χ1n) is 18.5. The van der Waals surface area contributed by atoms with E-state index in [1.807, 2.05) is 22.7 Å². The second kappa shape index (κ2) is 11.6. The molecule has 0 aliphatic rings. The fraction of sp³-hybridized carbons (Fsp3) is 0. The minimum Gasteiger partial charge on any atom is -0.134 e. The van der Waals surface area contributed by atoms with E-state index < -0.39 is 0 Å². The van der Waals surface area contributed by atoms with Crippen LogP contribution in [0, 0.1) is 0 Å². The minimum atomic E-state index is 1.23. The molecule has 0 aliphatic carbocycles. The Morgan fingerprint density at radius 1 is 0.278 bits per heavy atom. The molecular weight excluding hydrogens is 689 g/mol. The van der Waals surface area contributed by atoms with Crippen molar-refractivity contribution in [2.45, 2.75) is 0 Å². The summed E-state index contributed by atoms with van der Waals surface area (Å²) in [7, 11) is 0. The zero-order valence-electron chi connectivity index (χ0n) is 29.1. The lowest BCUT2D eigenvalue weighted by Crippen LogP contribution is -1.91. The number of hydrogen-bond acceptors (Lipinski definition) is 2. The molecule has 0 saturated carbocycles. The van der Waals surface area contributed by atoms with Crippen LogP contribution < -0.4 is 0 Å². The Hall–Kier alpha value is -6.32. The lowest BCUT2D eigenvalue weighted by molar-refractivity contribution is 1.64. The van der Waals surface area contributed by atoms with E-state index in [0.717, 1.165) is 0 Å². The van der Waals surface area contributed by atoms with Crippen LogP contribution in [0.15, 0.2) is 182 Å². The van der Waals surface area contributed by atoms with Gasteiger partial charge in [0.25, 0.3) is 0 Å². The van der Waals surface area contributed by atoms with Gasteiger partial charge in [-0.2, -0.15) is 0 Å². The average molecular weight is 719 g/mol. The second-order valence-electron chi connectivity index (χ2n) is 14.3. The molecule has 0 atom stereocenters. The van der Waals surface area contributed by atoms with Crippen LogP contribution in [-0.2, 0) is 0 Å². The summed E-state index contributed by atoms with van der Waals surface area (Å²) < 4.78 is 5.49. The predicted molar refractivity (Wildman–Crippen MR) is 239 cm³/mol. The van der Waals surface area contributed by atoms with Crippen LogP contribution in [0.4, 0.5) is 0 Å². The Bertz CT molecular complexity index is 3430. The van der Waals surface area contributed by atoms with Gasteiger partial charge in [-0.15, -0.1) is 22.7 Å². The SMILES string of the molecule is c1ccc2cc(-c3c4ccccc4c(-c4ccc(-c5cc6sc7c(ccc8c9ccccc9sc87)c6c6ccccc56)cc4)c4ccccc34)ccc2c1. The highest BCUT2D eigenvalue weighted by atomic mass is 32.1. The van der Waals surface area contributed by atoms with Crippen molar-refractivity contribution in [2.24, 2.45) is 0 Å². The van der Waals surface area contributed by atoms with E-state index in [9.17, 15) is 0 Å². The molecular formula is C52H30S2. The van der Waals surface area contributed by atoms with Gasteiger partial charge in [0.1, 0.15) is 0 Å². The van der Waals surface area contributed by atoms with Crippen LogP contribution in [0.3, 0.4) is 0 Å². The summed E-state index contributed by atoms with van der Waals surface area (Å²) in [5, 5.41) is 15.7. The highest BCUT2D eigenvalue weighted by Crippen LogP contribution is 2.49. The molecule has 250 valence electrons. The van der Waals surface area contributed by atoms with Crippen molar-refractivity contribution in [1.29, 1.82) is 0 Å². The lowest BCUT2D eigenvalue weighted by Gasteiger charge is -2.18. The van der Waals surface area contributed by atoms with Crippen LogP contribution >= 0.6 is 22.7 Å². The molecule has 12 aromatic rings. The number of benzene rings is 10. The maximum atomic E-state index is 2.44. The Morgan fingerprint density at radius 3 is 1.50 bits per heavy atom. The van der Waals surface area contributed by atoms with Gasteiger partial charge in [0.05, 0.1) is 9.40 Å². The molecule has 0 unspecified atom stereocenters. The first kappa shape index (κ1) is 30.2. The molecule has 0 amide bonds. The van der Waals surface area contributed by atoms with Crippen molar-refractivity contribution in [3.63, 3.8) is 0 Å². The number of hydrogen-bond donors (Lipinski definition) is 0. The Morgan fingerprint density at radius 2 is 0.778 bits per heavy atom. The first-order valence-corrected chi connectivity index (χ1v) is 20.1. The van der Waals surface area contributed by atoms with Gasteiger partial charge in [0.2, 0.25) is 0 Å². The first-order chi connectivity index (χ1) is 26.8. The Labute approximate surface area is 319 Å². The lowest BCUT2D eigenvalue weighted by atomic mass is 9.85. The van der Waals surface area contributed by atoms with Crippen LogP contribution in [0.1, 0.15) is 0 Å². The smallest absolute Gasteiger partial charge is 0.0534 e. The summed E-state index contributed by atoms with van der Waals surface area (Å²) in [6, 6.07) is 67.7. The van der Waals surface area contributed by atoms with Crippen LogP contribution in [0.25, 0.3) is 117 Å². The van der Waals surface area contributed by atoms with E-state index in [0.29, 0.717) is 0 Å². The zero-order valence-corrected chi connectivity index (χ0v) is 30.8. The van der Waals surface area contributed by atoms with Gasteiger partial charge < -0.3 is 0 Å². The van der Waals surface area contributed by atoms with Gasteiger partial charge in [-0.3, -0.25) is 0 Å². The van der Waals surface area contributed by atoms with Crippen molar-refractivity contribution in [1.82, 2.24) is 0 Å². The van der Waals surface area contributed by atoms with E-state index in [1.54, 1.807) is 0 Å². The number of thiophene rings is 2. The maximum Gasteiger partial charge on any atom is 0.0534 e. The normalized spacial score (nSPS) is 12.1. The largest absolute Gasteiger partial charge is 0.134 e. The monoisotopic (exact) mass is 718 g/mol. The molecule has 12 rings (SSSR count). The standard InChI is InChI=1S/C52H30S2/c1-2-12-34-29-35(26-21-31(34)11-1)49-41-18-7-5-16-39(41)48(40-17-6-8-19-42(40)49)33-24-22-32(23-25-33)45-30-47-50(38-15-4-3-13-36(38)45)44-28-27-43-37-14-9-10-20-46(37)53-51(43)52(44)54-47/h1-30H. The van der Waals surface area contributed by atoms with Crippen molar-refractivity contribution < 1.29 is 0 Å². The van der Waals surface area contributed by atoms with Crippen LogP contribution in [-0.4, -0.2) is 0 Å². The van der Waals surface area contributed by atoms with Gasteiger partial charge in [0.15, 0.2) is 0 Å². The van der Waals surface area contributed by atoms with Crippen molar-refractivity contribution in [2.75, 3.05) is 0 Å². The fourth-order valence-corrected chi connectivity index (χ4v) is 11.6. The third-order valence-electron chi connectivity index (χ3n) is 11.4. The van der Waals surface area contributed by atoms with E-state index in [4.69, 9.17) is 0 Å². The molecule has 0 spiro atoms. The molecule has 2 heteroatoms. The molecule has 2 aromatic heterocycles. The van der Waals surface area contributed by atoms with Gasteiger partial charge in [-0.1, -0.05) is 164 Å². The summed E-state index contributed by atoms with van der Waals surface area (Å²) >= 11 is 3.87. The summed E-state index contributed by atoms with van der Waals surface area (Å²) in [6.45, 7) is 0. The third-order valence-corrected chi connectivity index (χ3v) is 13.9. The van der Waals surface area contributed by atoms with Crippen molar-refractivity contribution >= 4 is 106 Å². The van der Waals surface area contributed by atoms with Gasteiger partial charge >= 0.3 is 0 Å². The number of fused-ring (bicyclic) bond motifs is 12. The average Bonchev–Trinajstić information content (AvgIpc) is 3.81. The molecule has 0 aliphatic heterocycles. The molecule has 54 heavy (non-hydrogen) atoms. The van der Waals surface area contributed by atoms with Crippen LogP contribution in [0.5, 0.6) is 0 Å². The fourth-order valence-electron chi connectivity index (χ4n) is 9.03. The number of rotatable bonds is 3. The topological polar surface area (TPSA) is 0 Å². The summed E-state index contributed by atoms with van der Waals surface area (Å²) in [5.74, 6) is 0. The van der Waals surface area contributed by atoms with Crippen molar-refractivity contribution in [3.05, 3.63) is 182 Å². The van der Waals surface area contributed by atoms with Crippen molar-refractivity contribution in [3.8, 4) is 33.4 Å². The van der Waals surface area contributed by atoms with E-state index in [1.165, 1.54) is 117 Å².